The Kier molecular flexibility index (Phi) is 7.28. The summed E-state index contributed by atoms with van der Waals surface area (Å²) in [4.78, 5) is 10.7. The highest BCUT2D eigenvalue weighted by Crippen LogP contribution is 2.39. The lowest BCUT2D eigenvalue weighted by Gasteiger charge is -2.35. The van der Waals surface area contributed by atoms with Crippen molar-refractivity contribution in [3.8, 4) is 23.1 Å². The van der Waals surface area contributed by atoms with E-state index < -0.39 is 11.7 Å². The lowest BCUT2D eigenvalue weighted by Crippen LogP contribution is -2.53. The van der Waals surface area contributed by atoms with Gasteiger partial charge in [-0.05, 0) is 36.6 Å². The first-order valence-corrected chi connectivity index (χ1v) is 11.7. The van der Waals surface area contributed by atoms with E-state index in [0.717, 1.165) is 32.2 Å². The number of hydrogen-bond acceptors (Lipinski definition) is 6. The molecule has 3 aromatic rings. The summed E-state index contributed by atoms with van der Waals surface area (Å²) in [5, 5.41) is 12.9. The molecule has 10 heteroatoms. The first-order valence-electron chi connectivity index (χ1n) is 11.7. The Hall–Kier alpha value is -3.16. The second-order valence-corrected chi connectivity index (χ2v) is 9.21. The average Bonchev–Trinajstić information content (AvgIpc) is 3.21. The van der Waals surface area contributed by atoms with Gasteiger partial charge in [0.25, 0.3) is 0 Å². The van der Waals surface area contributed by atoms with Crippen LogP contribution in [0.1, 0.15) is 31.5 Å². The van der Waals surface area contributed by atoms with Gasteiger partial charge in [-0.3, -0.25) is 0 Å². The van der Waals surface area contributed by atoms with E-state index in [0.29, 0.717) is 29.4 Å². The molecule has 2 aromatic heterocycles. The third-order valence-corrected chi connectivity index (χ3v) is 6.37. The Labute approximate surface area is 202 Å². The smallest absolute Gasteiger partial charge is 0.419 e. The molecule has 7 nitrogen and oxygen atoms in total. The van der Waals surface area contributed by atoms with Crippen molar-refractivity contribution in [2.24, 2.45) is 13.0 Å². The first kappa shape index (κ1) is 24.9. The molecule has 0 bridgehead atoms. The van der Waals surface area contributed by atoms with Crippen LogP contribution in [0.4, 0.5) is 13.2 Å². The minimum absolute atomic E-state index is 0.0691. The Morgan fingerprint density at radius 3 is 2.80 bits per heavy atom. The van der Waals surface area contributed by atoms with Crippen LogP contribution in [0.2, 0.25) is 0 Å². The van der Waals surface area contributed by atoms with E-state index in [1.807, 2.05) is 6.07 Å². The molecular formula is C25H29F3N6O. The van der Waals surface area contributed by atoms with Crippen LogP contribution in [-0.2, 0) is 13.2 Å². The van der Waals surface area contributed by atoms with Crippen molar-refractivity contribution in [2.45, 2.75) is 32.5 Å². The van der Waals surface area contributed by atoms with E-state index in [1.165, 1.54) is 6.07 Å². The number of nitrogens with zero attached hydrogens (tertiary/aromatic N) is 5. The fraction of sp³-hybridized carbons (Fsp3) is 0.480. The zero-order chi connectivity index (χ0) is 25.2. The van der Waals surface area contributed by atoms with Crippen molar-refractivity contribution < 1.29 is 17.9 Å². The number of benzene rings is 1. The van der Waals surface area contributed by atoms with Crippen molar-refractivity contribution in [1.82, 2.24) is 24.8 Å². The van der Waals surface area contributed by atoms with Crippen molar-refractivity contribution in [1.29, 1.82) is 5.26 Å². The zero-order valence-corrected chi connectivity index (χ0v) is 20.1. The molecule has 0 unspecified atom stereocenters. The zero-order valence-electron chi connectivity index (χ0n) is 20.1. The predicted octanol–water partition coefficient (Wildman–Crippen LogP) is 4.22. The summed E-state index contributed by atoms with van der Waals surface area (Å²) in [6.07, 6.45) is -2.42. The van der Waals surface area contributed by atoms with Gasteiger partial charge in [-0.25, -0.2) is 9.97 Å². The van der Waals surface area contributed by atoms with Gasteiger partial charge in [-0.15, -0.1) is 0 Å². The van der Waals surface area contributed by atoms with E-state index in [1.54, 1.807) is 30.1 Å². The van der Waals surface area contributed by atoms with E-state index in [-0.39, 0.29) is 29.3 Å². The van der Waals surface area contributed by atoms with Crippen LogP contribution in [0.15, 0.2) is 30.6 Å². The predicted molar refractivity (Wildman–Crippen MR) is 127 cm³/mol. The number of imidazole rings is 1. The summed E-state index contributed by atoms with van der Waals surface area (Å²) in [7, 11) is 1.75. The molecule has 186 valence electrons. The molecule has 0 radical (unpaired) electrons. The summed E-state index contributed by atoms with van der Waals surface area (Å²) in [6.45, 7) is 8.08. The Balaban J connectivity index is 1.50. The van der Waals surface area contributed by atoms with Gasteiger partial charge in [0.2, 0.25) is 0 Å². The van der Waals surface area contributed by atoms with Gasteiger partial charge in [0.15, 0.2) is 5.69 Å². The van der Waals surface area contributed by atoms with Gasteiger partial charge < -0.3 is 19.5 Å². The second-order valence-electron chi connectivity index (χ2n) is 9.21. The lowest BCUT2D eigenvalue weighted by atomic mass is 10.0. The molecule has 0 aliphatic carbocycles. The fourth-order valence-corrected chi connectivity index (χ4v) is 4.35. The Bertz CT molecular complexity index is 1230. The number of fused-ring (bicyclic) bond motifs is 1. The number of piperazine rings is 1. The summed E-state index contributed by atoms with van der Waals surface area (Å²) in [5.41, 5.74) is 0.770. The highest BCUT2D eigenvalue weighted by Gasteiger charge is 2.35. The number of nitrogens with one attached hydrogen (secondary N) is 1. The molecule has 35 heavy (non-hydrogen) atoms. The normalized spacial score (nSPS) is 17.1. The topological polar surface area (TPSA) is 79.0 Å². The molecule has 1 saturated heterocycles. The average molecular weight is 487 g/mol. The molecule has 1 aliphatic rings. The molecule has 1 fully saturated rings. The lowest BCUT2D eigenvalue weighted by molar-refractivity contribution is -0.138. The van der Waals surface area contributed by atoms with Crippen LogP contribution in [-0.4, -0.2) is 58.3 Å². The molecular weight excluding hydrogens is 457 g/mol. The number of hydrogen-bond donors (Lipinski definition) is 1. The van der Waals surface area contributed by atoms with Crippen LogP contribution in [0.25, 0.3) is 22.3 Å². The van der Waals surface area contributed by atoms with E-state index in [9.17, 15) is 18.4 Å². The van der Waals surface area contributed by atoms with Gasteiger partial charge in [-0.1, -0.05) is 13.8 Å². The third-order valence-electron chi connectivity index (χ3n) is 6.37. The number of rotatable bonds is 7. The maximum absolute atomic E-state index is 13.9. The molecule has 3 heterocycles. The second kappa shape index (κ2) is 10.2. The number of aryl methyl sites for hydroxylation is 1. The number of alkyl halides is 3. The minimum Gasteiger partial charge on any atom is -0.493 e. The molecule has 1 N–H and O–H groups in total. The number of ether oxygens (including phenoxy) is 1. The highest BCUT2D eigenvalue weighted by molar-refractivity contribution is 5.84. The number of aromatic nitrogens is 3. The minimum atomic E-state index is -4.59. The summed E-state index contributed by atoms with van der Waals surface area (Å²) in [6, 6.07) is 7.95. The van der Waals surface area contributed by atoms with Crippen molar-refractivity contribution in [3.05, 3.63) is 41.9 Å². The quantitative estimate of drug-likeness (QED) is 0.504. The van der Waals surface area contributed by atoms with Crippen LogP contribution in [0.5, 0.6) is 5.75 Å². The van der Waals surface area contributed by atoms with Crippen LogP contribution >= 0.6 is 0 Å². The van der Waals surface area contributed by atoms with Crippen LogP contribution in [0, 0.1) is 17.2 Å². The summed E-state index contributed by atoms with van der Waals surface area (Å²) in [5.74, 6) is 0.322. The highest BCUT2D eigenvalue weighted by atomic mass is 19.4. The van der Waals surface area contributed by atoms with Crippen molar-refractivity contribution >= 4 is 11.0 Å². The fourth-order valence-electron chi connectivity index (χ4n) is 4.35. The van der Waals surface area contributed by atoms with Gasteiger partial charge in [-0.2, -0.15) is 18.4 Å². The molecule has 0 amide bonds. The van der Waals surface area contributed by atoms with E-state index >= 15 is 0 Å². The SMILES string of the molecule is CC(C)[C@H]1CN(CCCOc2ccc(-c3cc4c(ncn4C)c(C#N)n3)cc2C(F)(F)F)CCN1. The molecule has 0 saturated carbocycles. The van der Waals surface area contributed by atoms with Crippen molar-refractivity contribution in [3.63, 3.8) is 0 Å². The molecule has 1 aliphatic heterocycles. The number of pyridine rings is 1. The van der Waals surface area contributed by atoms with Gasteiger partial charge in [0.05, 0.1) is 29.7 Å². The van der Waals surface area contributed by atoms with Gasteiger partial charge in [0.1, 0.15) is 17.3 Å². The largest absolute Gasteiger partial charge is 0.493 e. The third kappa shape index (κ3) is 5.57. The van der Waals surface area contributed by atoms with Gasteiger partial charge >= 0.3 is 6.18 Å². The monoisotopic (exact) mass is 486 g/mol. The molecule has 1 atom stereocenters. The van der Waals surface area contributed by atoms with Crippen LogP contribution in [0.3, 0.4) is 0 Å². The molecule has 1 aromatic carbocycles. The maximum Gasteiger partial charge on any atom is 0.419 e. The molecule has 4 rings (SSSR count). The summed E-state index contributed by atoms with van der Waals surface area (Å²) < 4.78 is 49.0. The standard InChI is InChI=1S/C25H29F3N6O/c1-16(2)21-14-34(9-7-30-21)8-4-10-35-23-6-5-17(11-18(23)25(26,27)28)19-12-22-24(20(13-29)32-19)31-15-33(22)3/h5-6,11-12,15-16,21,30H,4,7-10,14H2,1-3H3/t21-/m1/s1. The maximum atomic E-state index is 13.9. The van der Waals surface area contributed by atoms with Crippen LogP contribution < -0.4 is 10.1 Å². The first-order chi connectivity index (χ1) is 16.7. The summed E-state index contributed by atoms with van der Waals surface area (Å²) >= 11 is 0. The number of nitriles is 1. The Morgan fingerprint density at radius 1 is 1.29 bits per heavy atom. The Morgan fingerprint density at radius 2 is 2.09 bits per heavy atom. The number of halogens is 3. The van der Waals surface area contributed by atoms with E-state index in [4.69, 9.17) is 4.74 Å². The molecule has 0 spiro atoms. The van der Waals surface area contributed by atoms with Gasteiger partial charge in [0, 0.05) is 44.8 Å². The van der Waals surface area contributed by atoms with E-state index in [2.05, 4.69) is 34.0 Å². The van der Waals surface area contributed by atoms with Crippen molar-refractivity contribution in [2.75, 3.05) is 32.8 Å².